The molecule has 0 saturated carbocycles. The summed E-state index contributed by atoms with van der Waals surface area (Å²) in [7, 11) is 1.92. The first-order valence-corrected chi connectivity index (χ1v) is 4.93. The summed E-state index contributed by atoms with van der Waals surface area (Å²) in [6.07, 6.45) is 0. The number of aliphatic hydroxyl groups excluding tert-OH is 1. The van der Waals surface area contributed by atoms with Crippen molar-refractivity contribution >= 4 is 11.3 Å². The molecule has 5 heteroatoms. The molecule has 1 heterocycles. The van der Waals surface area contributed by atoms with Crippen molar-refractivity contribution < 1.29 is 5.11 Å². The maximum Gasteiger partial charge on any atom is 0.304 e. The van der Waals surface area contributed by atoms with Crippen LogP contribution >= 0.6 is 11.3 Å². The second-order valence-corrected chi connectivity index (χ2v) is 4.09. The van der Waals surface area contributed by atoms with Crippen molar-refractivity contribution in [3.8, 4) is 0 Å². The second-order valence-electron chi connectivity index (χ2n) is 3.02. The van der Waals surface area contributed by atoms with E-state index in [0.29, 0.717) is 6.54 Å². The predicted octanol–water partition coefficient (Wildman–Crippen LogP) is 0.169. The van der Waals surface area contributed by atoms with Crippen molar-refractivity contribution in [1.29, 1.82) is 0 Å². The van der Waals surface area contributed by atoms with Crippen LogP contribution in [0.1, 0.15) is 10.6 Å². The van der Waals surface area contributed by atoms with Crippen LogP contribution in [0, 0.1) is 6.92 Å². The van der Waals surface area contributed by atoms with Gasteiger partial charge < -0.3 is 10.1 Å². The first-order valence-electron chi connectivity index (χ1n) is 4.11. The number of aryl methyl sites for hydroxylation is 1. The number of aromatic nitrogens is 1. The molecule has 4 nitrogen and oxygen atoms in total. The van der Waals surface area contributed by atoms with E-state index in [1.165, 1.54) is 11.3 Å². The lowest BCUT2D eigenvalue weighted by Crippen LogP contribution is -2.21. The Bertz CT molecular complexity index is 318. The van der Waals surface area contributed by atoms with Crippen molar-refractivity contribution in [1.82, 2.24) is 9.88 Å². The van der Waals surface area contributed by atoms with Crippen molar-refractivity contribution in [2.45, 2.75) is 13.5 Å². The smallest absolute Gasteiger partial charge is 0.304 e. The number of likely N-dealkylation sites (N-methyl/N-ethyl adjacent to an activating group) is 1. The zero-order chi connectivity index (χ0) is 9.84. The Morgan fingerprint density at radius 3 is 2.77 bits per heavy atom. The van der Waals surface area contributed by atoms with Crippen LogP contribution in [0.2, 0.25) is 0 Å². The summed E-state index contributed by atoms with van der Waals surface area (Å²) in [4.78, 5) is 16.7. The van der Waals surface area contributed by atoms with Crippen LogP contribution in [-0.4, -0.2) is 35.2 Å². The lowest BCUT2D eigenvalue weighted by Gasteiger charge is -2.13. The highest BCUT2D eigenvalue weighted by molar-refractivity contribution is 7.09. The second kappa shape index (κ2) is 4.55. The summed E-state index contributed by atoms with van der Waals surface area (Å²) in [5, 5.41) is 8.68. The molecule has 1 rings (SSSR count). The van der Waals surface area contributed by atoms with Gasteiger partial charge in [-0.1, -0.05) is 11.3 Å². The Kier molecular flexibility index (Phi) is 3.65. The summed E-state index contributed by atoms with van der Waals surface area (Å²) in [6.45, 7) is 3.39. The Morgan fingerprint density at radius 2 is 2.31 bits per heavy atom. The summed E-state index contributed by atoms with van der Waals surface area (Å²) >= 11 is 1.23. The minimum absolute atomic E-state index is 0.00935. The molecular weight excluding hydrogens is 188 g/mol. The molecule has 0 aliphatic carbocycles. The molecule has 74 valence electrons. The topological polar surface area (TPSA) is 56.3 Å². The van der Waals surface area contributed by atoms with E-state index in [1.54, 1.807) is 0 Å². The fourth-order valence-electron chi connectivity index (χ4n) is 1.08. The standard InChI is InChI=1S/C8H14N2O2S/c1-6-7(13-8(12)9-6)5-10(2)3-4-11/h11H,3-5H2,1-2H3,(H,9,12). The summed E-state index contributed by atoms with van der Waals surface area (Å²) in [6, 6.07) is 0. The average Bonchev–Trinajstić information content (AvgIpc) is 2.30. The predicted molar refractivity (Wildman–Crippen MR) is 53.1 cm³/mol. The van der Waals surface area contributed by atoms with E-state index in [-0.39, 0.29) is 11.5 Å². The van der Waals surface area contributed by atoms with E-state index in [1.807, 2.05) is 18.9 Å². The highest BCUT2D eigenvalue weighted by Gasteiger charge is 2.06. The highest BCUT2D eigenvalue weighted by Crippen LogP contribution is 2.09. The van der Waals surface area contributed by atoms with Gasteiger partial charge in [0.05, 0.1) is 6.61 Å². The van der Waals surface area contributed by atoms with Gasteiger partial charge in [0.15, 0.2) is 0 Å². The molecule has 0 atom stereocenters. The largest absolute Gasteiger partial charge is 0.395 e. The number of nitrogens with zero attached hydrogens (tertiary/aromatic N) is 1. The molecule has 1 aromatic rings. The highest BCUT2D eigenvalue weighted by atomic mass is 32.1. The van der Waals surface area contributed by atoms with Gasteiger partial charge in [-0.05, 0) is 14.0 Å². The van der Waals surface area contributed by atoms with Gasteiger partial charge in [0.1, 0.15) is 0 Å². The molecule has 2 N–H and O–H groups in total. The monoisotopic (exact) mass is 202 g/mol. The number of aromatic amines is 1. The van der Waals surface area contributed by atoms with Crippen molar-refractivity contribution in [3.63, 3.8) is 0 Å². The number of nitrogens with one attached hydrogen (secondary N) is 1. The Morgan fingerprint density at radius 1 is 1.62 bits per heavy atom. The Balaban J connectivity index is 2.63. The number of rotatable bonds is 4. The van der Waals surface area contributed by atoms with Gasteiger partial charge >= 0.3 is 4.87 Å². The number of H-pyrrole nitrogens is 1. The molecule has 0 aromatic carbocycles. The van der Waals surface area contributed by atoms with E-state index in [4.69, 9.17) is 5.11 Å². The molecule has 1 aromatic heterocycles. The quantitative estimate of drug-likeness (QED) is 0.731. The Hall–Kier alpha value is -0.650. The molecule has 0 spiro atoms. The maximum atomic E-state index is 10.9. The molecule has 0 amide bonds. The molecule has 13 heavy (non-hydrogen) atoms. The van der Waals surface area contributed by atoms with Crippen LogP contribution in [0.25, 0.3) is 0 Å². The van der Waals surface area contributed by atoms with Gasteiger partial charge in [-0.2, -0.15) is 0 Å². The normalized spacial score (nSPS) is 11.1. The van der Waals surface area contributed by atoms with Crippen molar-refractivity contribution in [3.05, 3.63) is 20.2 Å². The van der Waals surface area contributed by atoms with Gasteiger partial charge in [0.2, 0.25) is 0 Å². The molecule has 0 radical (unpaired) electrons. The zero-order valence-corrected chi connectivity index (χ0v) is 8.65. The average molecular weight is 202 g/mol. The van der Waals surface area contributed by atoms with Gasteiger partial charge in [0.25, 0.3) is 0 Å². The van der Waals surface area contributed by atoms with Crippen LogP contribution in [0.5, 0.6) is 0 Å². The van der Waals surface area contributed by atoms with E-state index >= 15 is 0 Å². The van der Waals surface area contributed by atoms with E-state index in [2.05, 4.69) is 4.98 Å². The number of aliphatic hydroxyl groups is 1. The maximum absolute atomic E-state index is 10.9. The van der Waals surface area contributed by atoms with E-state index < -0.39 is 0 Å². The summed E-state index contributed by atoms with van der Waals surface area (Å²) in [5.41, 5.74) is 0.930. The number of hydrogen-bond acceptors (Lipinski definition) is 4. The Labute approximate surface area is 80.8 Å². The molecule has 0 aliphatic rings. The molecule has 0 aliphatic heterocycles. The minimum Gasteiger partial charge on any atom is -0.395 e. The third-order valence-corrected chi connectivity index (χ3v) is 2.79. The first kappa shape index (κ1) is 10.4. The molecular formula is C8H14N2O2S. The third-order valence-electron chi connectivity index (χ3n) is 1.82. The SMILES string of the molecule is Cc1[nH]c(=O)sc1CN(C)CCO. The first-order chi connectivity index (χ1) is 6.13. The van der Waals surface area contributed by atoms with Crippen LogP contribution in [0.3, 0.4) is 0 Å². The lowest BCUT2D eigenvalue weighted by molar-refractivity contribution is 0.218. The van der Waals surface area contributed by atoms with Crippen LogP contribution in [-0.2, 0) is 6.54 Å². The van der Waals surface area contributed by atoms with Crippen LogP contribution < -0.4 is 4.87 Å². The third kappa shape index (κ3) is 2.95. The summed E-state index contributed by atoms with van der Waals surface area (Å²) in [5.74, 6) is 0. The fraction of sp³-hybridized carbons (Fsp3) is 0.625. The van der Waals surface area contributed by atoms with Gasteiger partial charge in [-0.15, -0.1) is 0 Å². The molecule has 0 fully saturated rings. The molecule has 0 bridgehead atoms. The summed E-state index contributed by atoms with van der Waals surface area (Å²) < 4.78 is 0. The van der Waals surface area contributed by atoms with Crippen molar-refractivity contribution in [2.75, 3.05) is 20.2 Å². The number of hydrogen-bond donors (Lipinski definition) is 2. The minimum atomic E-state index is -0.00935. The van der Waals surface area contributed by atoms with Crippen LogP contribution in [0.4, 0.5) is 0 Å². The van der Waals surface area contributed by atoms with Gasteiger partial charge in [-0.3, -0.25) is 9.69 Å². The zero-order valence-electron chi connectivity index (χ0n) is 7.83. The fourth-order valence-corrected chi connectivity index (χ4v) is 2.00. The molecule has 0 unspecified atom stereocenters. The van der Waals surface area contributed by atoms with E-state index in [0.717, 1.165) is 17.1 Å². The molecule has 0 saturated heterocycles. The van der Waals surface area contributed by atoms with Gasteiger partial charge in [-0.25, -0.2) is 0 Å². The van der Waals surface area contributed by atoms with Crippen LogP contribution in [0.15, 0.2) is 4.79 Å². The van der Waals surface area contributed by atoms with Gasteiger partial charge in [0, 0.05) is 23.7 Å². The van der Waals surface area contributed by atoms with E-state index in [9.17, 15) is 4.79 Å². The van der Waals surface area contributed by atoms with Crippen molar-refractivity contribution in [2.24, 2.45) is 0 Å². The lowest BCUT2D eigenvalue weighted by atomic mass is 10.4. The number of thiazole rings is 1.